The molecular formula is C12H16N4. The lowest BCUT2D eigenvalue weighted by Gasteiger charge is -2.27. The second-order valence-electron chi connectivity index (χ2n) is 4.24. The summed E-state index contributed by atoms with van der Waals surface area (Å²) in [6.07, 6.45) is 1.77. The maximum atomic E-state index is 4.39. The van der Waals surface area contributed by atoms with Crippen LogP contribution in [-0.4, -0.2) is 41.0 Å². The molecule has 2 aromatic rings. The van der Waals surface area contributed by atoms with Gasteiger partial charge in [0.15, 0.2) is 0 Å². The van der Waals surface area contributed by atoms with Gasteiger partial charge in [0.05, 0.1) is 17.4 Å². The van der Waals surface area contributed by atoms with E-state index < -0.39 is 0 Å². The van der Waals surface area contributed by atoms with E-state index in [0.29, 0.717) is 0 Å². The van der Waals surface area contributed by atoms with E-state index in [-0.39, 0.29) is 0 Å². The molecule has 0 atom stereocenters. The van der Waals surface area contributed by atoms with E-state index in [4.69, 9.17) is 0 Å². The van der Waals surface area contributed by atoms with Gasteiger partial charge in [0, 0.05) is 32.7 Å². The molecule has 1 saturated heterocycles. The molecule has 84 valence electrons. The smallest absolute Gasteiger partial charge is 0.0932 e. The number of benzene rings is 1. The average Bonchev–Trinajstić information content (AvgIpc) is 2.80. The van der Waals surface area contributed by atoms with Crippen LogP contribution in [0.3, 0.4) is 0 Å². The molecule has 1 aliphatic heterocycles. The van der Waals surface area contributed by atoms with Crippen LogP contribution >= 0.6 is 0 Å². The minimum atomic E-state index is 1.00. The highest BCUT2D eigenvalue weighted by atomic mass is 15.2. The first-order valence-electron chi connectivity index (χ1n) is 5.77. The minimum Gasteiger partial charge on any atom is -0.345 e. The van der Waals surface area contributed by atoms with E-state index in [9.17, 15) is 0 Å². The molecule has 1 aromatic heterocycles. The number of hydrogen-bond donors (Lipinski definition) is 2. The number of fused-ring (bicyclic) bond motifs is 1. The van der Waals surface area contributed by atoms with Gasteiger partial charge in [-0.2, -0.15) is 0 Å². The molecule has 0 unspecified atom stereocenters. The Labute approximate surface area is 94.7 Å². The van der Waals surface area contributed by atoms with E-state index >= 15 is 0 Å². The van der Waals surface area contributed by atoms with Gasteiger partial charge in [-0.15, -0.1) is 0 Å². The van der Waals surface area contributed by atoms with E-state index in [0.717, 1.165) is 43.8 Å². The molecular weight excluding hydrogens is 200 g/mol. The first kappa shape index (κ1) is 9.81. The van der Waals surface area contributed by atoms with E-state index in [2.05, 4.69) is 38.4 Å². The predicted octanol–water partition coefficient (Wildman–Crippen LogP) is 0.968. The summed E-state index contributed by atoms with van der Waals surface area (Å²) in [5.41, 5.74) is 3.56. The number of H-pyrrole nitrogens is 1. The van der Waals surface area contributed by atoms with Crippen molar-refractivity contribution in [2.24, 2.45) is 0 Å². The molecule has 0 spiro atoms. The summed E-state index contributed by atoms with van der Waals surface area (Å²) >= 11 is 0. The topological polar surface area (TPSA) is 44.0 Å². The monoisotopic (exact) mass is 216 g/mol. The van der Waals surface area contributed by atoms with Gasteiger partial charge in [0.2, 0.25) is 0 Å². The second-order valence-corrected chi connectivity index (χ2v) is 4.24. The van der Waals surface area contributed by atoms with E-state index in [1.807, 2.05) is 0 Å². The molecule has 0 bridgehead atoms. The van der Waals surface area contributed by atoms with Crippen LogP contribution in [0.2, 0.25) is 0 Å². The molecule has 0 amide bonds. The van der Waals surface area contributed by atoms with Crippen LogP contribution in [0.15, 0.2) is 24.5 Å². The normalized spacial score (nSPS) is 18.0. The fourth-order valence-electron chi connectivity index (χ4n) is 2.26. The lowest BCUT2D eigenvalue weighted by molar-refractivity contribution is 0.234. The van der Waals surface area contributed by atoms with Crippen LogP contribution in [0.25, 0.3) is 11.0 Å². The van der Waals surface area contributed by atoms with Crippen molar-refractivity contribution in [2.45, 2.75) is 6.54 Å². The third-order valence-electron chi connectivity index (χ3n) is 3.14. The molecule has 4 nitrogen and oxygen atoms in total. The van der Waals surface area contributed by atoms with Crippen molar-refractivity contribution in [3.05, 3.63) is 30.1 Å². The van der Waals surface area contributed by atoms with Gasteiger partial charge in [-0.25, -0.2) is 4.98 Å². The number of nitrogens with zero attached hydrogens (tertiary/aromatic N) is 2. The summed E-state index contributed by atoms with van der Waals surface area (Å²) in [6, 6.07) is 6.34. The average molecular weight is 216 g/mol. The highest BCUT2D eigenvalue weighted by Crippen LogP contribution is 2.16. The summed E-state index contributed by atoms with van der Waals surface area (Å²) < 4.78 is 0. The van der Waals surface area contributed by atoms with Crippen molar-refractivity contribution in [3.8, 4) is 0 Å². The Kier molecular flexibility index (Phi) is 2.60. The fourth-order valence-corrected chi connectivity index (χ4v) is 2.26. The van der Waals surface area contributed by atoms with Crippen LogP contribution in [-0.2, 0) is 6.54 Å². The van der Waals surface area contributed by atoms with Gasteiger partial charge in [-0.3, -0.25) is 4.90 Å². The molecule has 1 fully saturated rings. The Morgan fingerprint density at radius 1 is 1.25 bits per heavy atom. The Hall–Kier alpha value is -1.39. The Balaban J connectivity index is 1.85. The van der Waals surface area contributed by atoms with Gasteiger partial charge >= 0.3 is 0 Å². The number of hydrogen-bond acceptors (Lipinski definition) is 3. The summed E-state index contributed by atoms with van der Waals surface area (Å²) in [5, 5.41) is 3.37. The molecule has 1 aromatic carbocycles. The maximum Gasteiger partial charge on any atom is 0.0932 e. The summed E-state index contributed by atoms with van der Waals surface area (Å²) in [5.74, 6) is 0. The summed E-state index contributed by atoms with van der Waals surface area (Å²) in [4.78, 5) is 10.0. The van der Waals surface area contributed by atoms with Crippen molar-refractivity contribution in [1.29, 1.82) is 0 Å². The quantitative estimate of drug-likeness (QED) is 0.786. The number of para-hydroxylation sites is 1. The third-order valence-corrected chi connectivity index (χ3v) is 3.14. The van der Waals surface area contributed by atoms with Crippen LogP contribution in [0.1, 0.15) is 5.56 Å². The number of rotatable bonds is 2. The van der Waals surface area contributed by atoms with E-state index in [1.165, 1.54) is 5.56 Å². The molecule has 1 aliphatic rings. The van der Waals surface area contributed by atoms with Crippen LogP contribution < -0.4 is 5.32 Å². The van der Waals surface area contributed by atoms with E-state index in [1.54, 1.807) is 6.33 Å². The van der Waals surface area contributed by atoms with Crippen molar-refractivity contribution < 1.29 is 0 Å². The number of imidazole rings is 1. The SMILES string of the molecule is c1cc(CN2CCNCC2)c2nc[nH]c2c1. The van der Waals surface area contributed by atoms with Crippen LogP contribution in [0.4, 0.5) is 0 Å². The molecule has 2 heterocycles. The Morgan fingerprint density at radius 2 is 2.12 bits per heavy atom. The molecule has 0 aliphatic carbocycles. The predicted molar refractivity (Wildman–Crippen MR) is 64.2 cm³/mol. The largest absolute Gasteiger partial charge is 0.345 e. The zero-order valence-electron chi connectivity index (χ0n) is 9.24. The minimum absolute atomic E-state index is 1.00. The van der Waals surface area contributed by atoms with Crippen LogP contribution in [0.5, 0.6) is 0 Å². The lowest BCUT2D eigenvalue weighted by Crippen LogP contribution is -2.42. The zero-order valence-corrected chi connectivity index (χ0v) is 9.24. The van der Waals surface area contributed by atoms with Gasteiger partial charge in [0.25, 0.3) is 0 Å². The van der Waals surface area contributed by atoms with Crippen molar-refractivity contribution in [3.63, 3.8) is 0 Å². The number of aromatic nitrogens is 2. The number of nitrogens with one attached hydrogen (secondary N) is 2. The lowest BCUT2D eigenvalue weighted by atomic mass is 10.1. The number of piperazine rings is 1. The van der Waals surface area contributed by atoms with Crippen LogP contribution in [0, 0.1) is 0 Å². The summed E-state index contributed by atoms with van der Waals surface area (Å²) in [6.45, 7) is 5.44. The molecule has 2 N–H and O–H groups in total. The Morgan fingerprint density at radius 3 is 3.00 bits per heavy atom. The van der Waals surface area contributed by atoms with Gasteiger partial charge in [-0.05, 0) is 11.6 Å². The molecule has 3 rings (SSSR count). The first-order chi connectivity index (χ1) is 7.93. The zero-order chi connectivity index (χ0) is 10.8. The molecule has 4 heteroatoms. The molecule has 0 saturated carbocycles. The van der Waals surface area contributed by atoms with Gasteiger partial charge in [-0.1, -0.05) is 12.1 Å². The number of aromatic amines is 1. The molecule has 0 radical (unpaired) electrons. The van der Waals surface area contributed by atoms with Gasteiger partial charge in [0.1, 0.15) is 0 Å². The Bertz CT molecular complexity index is 471. The van der Waals surface area contributed by atoms with Crippen molar-refractivity contribution >= 4 is 11.0 Å². The van der Waals surface area contributed by atoms with Gasteiger partial charge < -0.3 is 10.3 Å². The van der Waals surface area contributed by atoms with Crippen molar-refractivity contribution in [1.82, 2.24) is 20.2 Å². The first-order valence-corrected chi connectivity index (χ1v) is 5.77. The maximum absolute atomic E-state index is 4.39. The van der Waals surface area contributed by atoms with Crippen molar-refractivity contribution in [2.75, 3.05) is 26.2 Å². The fraction of sp³-hybridized carbons (Fsp3) is 0.417. The standard InChI is InChI=1S/C12H16N4/c1-2-10(8-16-6-4-13-5-7-16)12-11(3-1)14-9-15-12/h1-3,9,13H,4-8H2,(H,14,15). The third kappa shape index (κ3) is 1.81. The highest BCUT2D eigenvalue weighted by molar-refractivity contribution is 5.78. The second kappa shape index (κ2) is 4.23. The molecule has 16 heavy (non-hydrogen) atoms. The highest BCUT2D eigenvalue weighted by Gasteiger charge is 2.11. The summed E-state index contributed by atoms with van der Waals surface area (Å²) in [7, 11) is 0.